The van der Waals surface area contributed by atoms with E-state index in [1.807, 2.05) is 24.3 Å². The molecule has 4 nitrogen and oxygen atoms in total. The van der Waals surface area contributed by atoms with Crippen molar-refractivity contribution in [3.63, 3.8) is 0 Å². The maximum atomic E-state index is 12.4. The van der Waals surface area contributed by atoms with Gasteiger partial charge in [0.15, 0.2) is 0 Å². The van der Waals surface area contributed by atoms with Crippen LogP contribution in [0, 0.1) is 0 Å². The number of amides is 1. The maximum absolute atomic E-state index is 12.4. The number of aromatic nitrogens is 1. The molecule has 0 aliphatic rings. The molecule has 0 radical (unpaired) electrons. The average Bonchev–Trinajstić information content (AvgIpc) is 2.49. The number of carbonyl (C=O) groups excluding carboxylic acids is 1. The van der Waals surface area contributed by atoms with Crippen LogP contribution in [0.15, 0.2) is 42.7 Å². The van der Waals surface area contributed by atoms with Gasteiger partial charge in [-0.25, -0.2) is 0 Å². The zero-order valence-electron chi connectivity index (χ0n) is 11.8. The topological polar surface area (TPSA) is 54.0 Å². The van der Waals surface area contributed by atoms with E-state index in [9.17, 15) is 4.79 Å². The van der Waals surface area contributed by atoms with Crippen LogP contribution in [0.2, 0.25) is 0 Å². The SMILES string of the molecule is CCCc1ccccc1NC(=O)c1ccncc1NC. The zero-order chi connectivity index (χ0) is 14.4. The van der Waals surface area contributed by atoms with Gasteiger partial charge >= 0.3 is 0 Å². The highest BCUT2D eigenvalue weighted by Gasteiger charge is 2.12. The van der Waals surface area contributed by atoms with Gasteiger partial charge in [0.05, 0.1) is 17.4 Å². The van der Waals surface area contributed by atoms with Crippen LogP contribution >= 0.6 is 0 Å². The second-order valence-corrected chi connectivity index (χ2v) is 4.53. The third kappa shape index (κ3) is 3.15. The minimum Gasteiger partial charge on any atom is -0.386 e. The highest BCUT2D eigenvalue weighted by molar-refractivity contribution is 6.08. The minimum absolute atomic E-state index is 0.125. The summed E-state index contributed by atoms with van der Waals surface area (Å²) in [6.07, 6.45) is 5.26. The van der Waals surface area contributed by atoms with E-state index >= 15 is 0 Å². The summed E-state index contributed by atoms with van der Waals surface area (Å²) in [6.45, 7) is 2.13. The number of rotatable bonds is 5. The predicted molar refractivity (Wildman–Crippen MR) is 82.2 cm³/mol. The molecule has 2 rings (SSSR count). The van der Waals surface area contributed by atoms with E-state index in [-0.39, 0.29) is 5.91 Å². The third-order valence-corrected chi connectivity index (χ3v) is 3.12. The molecule has 2 aromatic rings. The predicted octanol–water partition coefficient (Wildman–Crippen LogP) is 3.33. The Bertz CT molecular complexity index is 596. The van der Waals surface area contributed by atoms with Gasteiger partial charge in [0.25, 0.3) is 5.91 Å². The van der Waals surface area contributed by atoms with E-state index in [1.54, 1.807) is 25.5 Å². The van der Waals surface area contributed by atoms with Crippen LogP contribution in [0.3, 0.4) is 0 Å². The standard InChI is InChI=1S/C16H19N3O/c1-3-6-12-7-4-5-8-14(12)19-16(20)13-9-10-18-11-15(13)17-2/h4-5,7-11,17H,3,6H2,1-2H3,(H,19,20). The quantitative estimate of drug-likeness (QED) is 0.875. The molecule has 2 N–H and O–H groups in total. The Morgan fingerprint density at radius 3 is 2.75 bits per heavy atom. The minimum atomic E-state index is -0.125. The molecule has 1 heterocycles. The number of para-hydroxylation sites is 1. The summed E-state index contributed by atoms with van der Waals surface area (Å²) in [5.41, 5.74) is 3.34. The zero-order valence-corrected chi connectivity index (χ0v) is 11.8. The molecule has 1 aromatic heterocycles. The fraction of sp³-hybridized carbons (Fsp3) is 0.250. The van der Waals surface area contributed by atoms with Crippen molar-refractivity contribution in [2.45, 2.75) is 19.8 Å². The first-order valence-electron chi connectivity index (χ1n) is 6.77. The number of anilines is 2. The van der Waals surface area contributed by atoms with Crippen molar-refractivity contribution in [2.24, 2.45) is 0 Å². The molecule has 1 aromatic carbocycles. The van der Waals surface area contributed by atoms with Crippen molar-refractivity contribution in [2.75, 3.05) is 17.7 Å². The lowest BCUT2D eigenvalue weighted by atomic mass is 10.1. The van der Waals surface area contributed by atoms with Gasteiger partial charge in [-0.2, -0.15) is 0 Å². The third-order valence-electron chi connectivity index (χ3n) is 3.12. The van der Waals surface area contributed by atoms with Gasteiger partial charge in [-0.3, -0.25) is 9.78 Å². The van der Waals surface area contributed by atoms with Gasteiger partial charge in [0.1, 0.15) is 0 Å². The number of hydrogen-bond donors (Lipinski definition) is 2. The van der Waals surface area contributed by atoms with Gasteiger partial charge in [0.2, 0.25) is 0 Å². The maximum Gasteiger partial charge on any atom is 0.257 e. The summed E-state index contributed by atoms with van der Waals surface area (Å²) >= 11 is 0. The van der Waals surface area contributed by atoms with E-state index in [1.165, 1.54) is 0 Å². The van der Waals surface area contributed by atoms with Crippen LogP contribution in [0.4, 0.5) is 11.4 Å². The lowest BCUT2D eigenvalue weighted by Gasteiger charge is -2.12. The summed E-state index contributed by atoms with van der Waals surface area (Å²) in [7, 11) is 1.78. The second-order valence-electron chi connectivity index (χ2n) is 4.53. The van der Waals surface area contributed by atoms with Crippen molar-refractivity contribution in [3.05, 3.63) is 53.9 Å². The average molecular weight is 269 g/mol. The van der Waals surface area contributed by atoms with Gasteiger partial charge in [-0.05, 0) is 24.1 Å². The Morgan fingerprint density at radius 2 is 2.00 bits per heavy atom. The van der Waals surface area contributed by atoms with Crippen molar-refractivity contribution in [3.8, 4) is 0 Å². The highest BCUT2D eigenvalue weighted by Crippen LogP contribution is 2.20. The van der Waals surface area contributed by atoms with Gasteiger partial charge in [-0.15, -0.1) is 0 Å². The number of nitrogens with one attached hydrogen (secondary N) is 2. The Kier molecular flexibility index (Phi) is 4.71. The molecule has 4 heteroatoms. The molecule has 1 amide bonds. The van der Waals surface area contributed by atoms with Crippen LogP contribution in [-0.2, 0) is 6.42 Å². The van der Waals surface area contributed by atoms with Crippen molar-refractivity contribution in [1.29, 1.82) is 0 Å². The number of pyridine rings is 1. The largest absolute Gasteiger partial charge is 0.386 e. The van der Waals surface area contributed by atoms with Crippen LogP contribution < -0.4 is 10.6 Å². The van der Waals surface area contributed by atoms with E-state index < -0.39 is 0 Å². The normalized spacial score (nSPS) is 10.1. The Morgan fingerprint density at radius 1 is 1.20 bits per heavy atom. The molecule has 0 aliphatic heterocycles. The molecule has 0 atom stereocenters. The number of nitrogens with zero attached hydrogens (tertiary/aromatic N) is 1. The first-order chi connectivity index (χ1) is 9.76. The van der Waals surface area contributed by atoms with Crippen molar-refractivity contribution < 1.29 is 4.79 Å². The number of benzene rings is 1. The molecule has 20 heavy (non-hydrogen) atoms. The van der Waals surface area contributed by atoms with Crippen LogP contribution in [0.5, 0.6) is 0 Å². The van der Waals surface area contributed by atoms with Crippen molar-refractivity contribution >= 4 is 17.3 Å². The molecule has 0 saturated carbocycles. The summed E-state index contributed by atoms with van der Waals surface area (Å²) < 4.78 is 0. The second kappa shape index (κ2) is 6.70. The number of hydrogen-bond acceptors (Lipinski definition) is 3. The number of aryl methyl sites for hydroxylation is 1. The molecule has 0 bridgehead atoms. The van der Waals surface area contributed by atoms with Crippen molar-refractivity contribution in [1.82, 2.24) is 4.98 Å². The van der Waals surface area contributed by atoms with Gasteiger partial charge in [0, 0.05) is 18.9 Å². The summed E-state index contributed by atoms with van der Waals surface area (Å²) in [5.74, 6) is -0.125. The van der Waals surface area contributed by atoms with E-state index in [4.69, 9.17) is 0 Å². The van der Waals surface area contributed by atoms with Crippen LogP contribution in [0.1, 0.15) is 29.3 Å². The first kappa shape index (κ1) is 14.1. The molecule has 104 valence electrons. The van der Waals surface area contributed by atoms with E-state index in [0.717, 1.165) is 29.8 Å². The molecule has 0 unspecified atom stereocenters. The van der Waals surface area contributed by atoms with Gasteiger partial charge < -0.3 is 10.6 Å². The van der Waals surface area contributed by atoms with Crippen LogP contribution in [-0.4, -0.2) is 17.9 Å². The fourth-order valence-electron chi connectivity index (χ4n) is 2.11. The molecular formula is C16H19N3O. The summed E-state index contributed by atoms with van der Waals surface area (Å²) in [4.78, 5) is 16.4. The van der Waals surface area contributed by atoms with Gasteiger partial charge in [-0.1, -0.05) is 31.5 Å². The Balaban J connectivity index is 2.24. The Hall–Kier alpha value is -2.36. The number of carbonyl (C=O) groups is 1. The summed E-state index contributed by atoms with van der Waals surface area (Å²) in [5, 5.41) is 5.96. The van der Waals surface area contributed by atoms with E-state index in [2.05, 4.69) is 22.5 Å². The van der Waals surface area contributed by atoms with Crippen LogP contribution in [0.25, 0.3) is 0 Å². The smallest absolute Gasteiger partial charge is 0.257 e. The lowest BCUT2D eigenvalue weighted by Crippen LogP contribution is -2.15. The molecular weight excluding hydrogens is 250 g/mol. The molecule has 0 spiro atoms. The Labute approximate surface area is 119 Å². The summed E-state index contributed by atoms with van der Waals surface area (Å²) in [6, 6.07) is 9.61. The monoisotopic (exact) mass is 269 g/mol. The lowest BCUT2D eigenvalue weighted by molar-refractivity contribution is 0.102. The van der Waals surface area contributed by atoms with E-state index in [0.29, 0.717) is 5.56 Å². The first-order valence-corrected chi connectivity index (χ1v) is 6.77. The fourth-order valence-corrected chi connectivity index (χ4v) is 2.11. The molecule has 0 aliphatic carbocycles. The highest BCUT2D eigenvalue weighted by atomic mass is 16.1. The molecule has 0 fully saturated rings. The molecule has 0 saturated heterocycles.